The van der Waals surface area contributed by atoms with Crippen LogP contribution in [0, 0.1) is 13.8 Å². The Morgan fingerprint density at radius 2 is 1.71 bits per heavy atom. The summed E-state index contributed by atoms with van der Waals surface area (Å²) in [6.45, 7) is 17.0. The monoisotopic (exact) mass is 507 g/mol. The number of thioether (sulfide) groups is 1. The van der Waals surface area contributed by atoms with E-state index in [2.05, 4.69) is 10.6 Å². The molecule has 0 spiro atoms. The van der Waals surface area contributed by atoms with Gasteiger partial charge < -0.3 is 20.3 Å². The number of benzene rings is 1. The van der Waals surface area contributed by atoms with Gasteiger partial charge in [0, 0.05) is 12.1 Å². The topological polar surface area (TPSA) is 87.7 Å². The second-order valence-electron chi connectivity index (χ2n) is 10.4. The molecule has 0 aromatic heterocycles. The second kappa shape index (κ2) is 13.8. The van der Waals surface area contributed by atoms with Crippen LogP contribution in [0.5, 0.6) is 0 Å². The smallest absolute Gasteiger partial charge is 0.408 e. The van der Waals surface area contributed by atoms with E-state index in [-0.39, 0.29) is 23.9 Å². The van der Waals surface area contributed by atoms with Crippen LogP contribution < -0.4 is 10.6 Å². The lowest BCUT2D eigenvalue weighted by molar-refractivity contribution is -0.145. The maximum absolute atomic E-state index is 14.1. The van der Waals surface area contributed by atoms with Crippen molar-refractivity contribution in [2.24, 2.45) is 0 Å². The van der Waals surface area contributed by atoms with E-state index in [9.17, 15) is 14.4 Å². The third-order valence-corrected chi connectivity index (χ3v) is 6.24. The molecule has 0 aliphatic carbocycles. The summed E-state index contributed by atoms with van der Waals surface area (Å²) < 4.78 is 5.44. The summed E-state index contributed by atoms with van der Waals surface area (Å²) in [5.41, 5.74) is 2.12. The van der Waals surface area contributed by atoms with Crippen LogP contribution in [0.3, 0.4) is 0 Å². The van der Waals surface area contributed by atoms with Crippen LogP contribution in [-0.4, -0.2) is 58.5 Å². The Bertz CT molecular complexity index is 866. The molecule has 3 atom stereocenters. The van der Waals surface area contributed by atoms with E-state index >= 15 is 0 Å². The van der Waals surface area contributed by atoms with Gasteiger partial charge in [-0.3, -0.25) is 9.59 Å². The van der Waals surface area contributed by atoms with Crippen LogP contribution in [0.4, 0.5) is 4.79 Å². The summed E-state index contributed by atoms with van der Waals surface area (Å²) in [4.78, 5) is 42.0. The van der Waals surface area contributed by atoms with Crippen LogP contribution >= 0.6 is 11.8 Å². The van der Waals surface area contributed by atoms with Gasteiger partial charge in [-0.15, -0.1) is 0 Å². The van der Waals surface area contributed by atoms with Crippen molar-refractivity contribution in [3.05, 3.63) is 34.9 Å². The predicted octanol–water partition coefficient (Wildman–Crippen LogP) is 5.14. The summed E-state index contributed by atoms with van der Waals surface area (Å²) in [7, 11) is 0. The Kier molecular flexibility index (Phi) is 12.1. The van der Waals surface area contributed by atoms with Gasteiger partial charge in [0.1, 0.15) is 17.7 Å². The quantitative estimate of drug-likeness (QED) is 0.433. The molecule has 1 aromatic rings. The number of carbonyl (C=O) groups is 3. The largest absolute Gasteiger partial charge is 0.444 e. The Hall–Kier alpha value is -2.22. The minimum atomic E-state index is -0.822. The summed E-state index contributed by atoms with van der Waals surface area (Å²) in [6, 6.07) is 3.95. The molecule has 1 rings (SSSR count). The average Bonchev–Trinajstić information content (AvgIpc) is 2.72. The number of carbonyl (C=O) groups excluding carboxylic acids is 3. The number of hydrogen-bond acceptors (Lipinski definition) is 5. The number of hydrogen-bond donors (Lipinski definition) is 2. The van der Waals surface area contributed by atoms with E-state index in [1.807, 2.05) is 66.0 Å². The van der Waals surface area contributed by atoms with E-state index in [1.54, 1.807) is 37.4 Å². The van der Waals surface area contributed by atoms with Crippen molar-refractivity contribution in [3.63, 3.8) is 0 Å². The van der Waals surface area contributed by atoms with Gasteiger partial charge in [-0.05, 0) is 91.4 Å². The van der Waals surface area contributed by atoms with Gasteiger partial charge in [0.2, 0.25) is 11.8 Å². The number of ether oxygens (including phenoxy) is 1. The summed E-state index contributed by atoms with van der Waals surface area (Å²) in [6.07, 6.45) is 2.40. The van der Waals surface area contributed by atoms with Crippen LogP contribution in [0.1, 0.15) is 84.0 Å². The maximum atomic E-state index is 14.1. The van der Waals surface area contributed by atoms with E-state index < -0.39 is 23.8 Å². The highest BCUT2D eigenvalue weighted by atomic mass is 32.2. The number of alkyl carbamates (subject to hydrolysis) is 1. The number of amides is 3. The Morgan fingerprint density at radius 3 is 2.20 bits per heavy atom. The molecule has 0 saturated heterocycles. The van der Waals surface area contributed by atoms with Crippen molar-refractivity contribution in [1.82, 2.24) is 15.5 Å². The molecule has 0 fully saturated rings. The van der Waals surface area contributed by atoms with Gasteiger partial charge in [-0.25, -0.2) is 4.79 Å². The van der Waals surface area contributed by atoms with Crippen molar-refractivity contribution in [2.75, 3.05) is 12.0 Å². The third-order valence-electron chi connectivity index (χ3n) is 5.60. The number of rotatable bonds is 11. The Morgan fingerprint density at radius 1 is 1.09 bits per heavy atom. The SMILES string of the molecule is CCC(C)N(C(=O)C(CCSC)NC(=O)OC(C)(C)C)C(C(=O)NC(C)C)c1ccc(C)cc1C. The molecule has 0 saturated carbocycles. The highest BCUT2D eigenvalue weighted by Crippen LogP contribution is 2.29. The van der Waals surface area contributed by atoms with E-state index in [0.29, 0.717) is 18.6 Å². The molecule has 1 aromatic carbocycles. The standard InChI is InChI=1S/C27H45N3O4S/c1-11-20(6)30(25(32)22(14-15-35-10)29-26(33)34-27(7,8)9)23(24(31)28-17(2)3)21-13-12-18(4)16-19(21)5/h12-13,16-17,20,22-23H,11,14-15H2,1-10H3,(H,28,31)(H,29,33). The molecule has 8 heteroatoms. The summed E-state index contributed by atoms with van der Waals surface area (Å²) >= 11 is 1.59. The lowest BCUT2D eigenvalue weighted by atomic mass is 9.94. The highest BCUT2D eigenvalue weighted by molar-refractivity contribution is 7.98. The number of nitrogens with zero attached hydrogens (tertiary/aromatic N) is 1. The van der Waals surface area contributed by atoms with E-state index in [4.69, 9.17) is 4.74 Å². The first-order valence-corrected chi connectivity index (χ1v) is 13.8. The van der Waals surface area contributed by atoms with Gasteiger partial charge in [-0.1, -0.05) is 30.7 Å². The van der Waals surface area contributed by atoms with Gasteiger partial charge >= 0.3 is 6.09 Å². The second-order valence-corrected chi connectivity index (χ2v) is 11.4. The molecule has 0 radical (unpaired) electrons. The molecule has 3 amide bonds. The van der Waals surface area contributed by atoms with Crippen molar-refractivity contribution in [1.29, 1.82) is 0 Å². The lowest BCUT2D eigenvalue weighted by Gasteiger charge is -2.39. The molecular formula is C27H45N3O4S. The van der Waals surface area contributed by atoms with E-state index in [0.717, 1.165) is 16.7 Å². The molecule has 0 aliphatic heterocycles. The normalized spacial score (nSPS) is 14.1. The van der Waals surface area contributed by atoms with Crippen molar-refractivity contribution < 1.29 is 19.1 Å². The summed E-state index contributed by atoms with van der Waals surface area (Å²) in [5, 5.41) is 5.78. The van der Waals surface area contributed by atoms with Crippen LogP contribution in [0.15, 0.2) is 18.2 Å². The molecule has 2 N–H and O–H groups in total. The Balaban J connectivity index is 3.55. The highest BCUT2D eigenvalue weighted by Gasteiger charge is 2.39. The van der Waals surface area contributed by atoms with Crippen molar-refractivity contribution in [2.45, 2.75) is 105 Å². The zero-order valence-electron chi connectivity index (χ0n) is 23.2. The fourth-order valence-corrected chi connectivity index (χ4v) is 4.30. The first kappa shape index (κ1) is 30.8. The van der Waals surface area contributed by atoms with Crippen molar-refractivity contribution >= 4 is 29.7 Å². The van der Waals surface area contributed by atoms with Gasteiger partial charge in [0.15, 0.2) is 0 Å². The molecule has 198 valence electrons. The van der Waals surface area contributed by atoms with Crippen molar-refractivity contribution in [3.8, 4) is 0 Å². The fraction of sp³-hybridized carbons (Fsp3) is 0.667. The third kappa shape index (κ3) is 9.74. The molecule has 0 aliphatic rings. The van der Waals surface area contributed by atoms with Crippen LogP contribution in [0.25, 0.3) is 0 Å². The molecular weight excluding hydrogens is 462 g/mol. The zero-order valence-corrected chi connectivity index (χ0v) is 24.0. The van der Waals surface area contributed by atoms with Gasteiger partial charge in [0.05, 0.1) is 0 Å². The van der Waals surface area contributed by atoms with Gasteiger partial charge in [-0.2, -0.15) is 11.8 Å². The molecule has 35 heavy (non-hydrogen) atoms. The lowest BCUT2D eigenvalue weighted by Crippen LogP contribution is -2.56. The molecule has 3 unspecified atom stereocenters. The van der Waals surface area contributed by atoms with Gasteiger partial charge in [0.25, 0.3) is 0 Å². The summed E-state index contributed by atoms with van der Waals surface area (Å²) in [5.74, 6) is 0.150. The molecule has 0 heterocycles. The van der Waals surface area contributed by atoms with Crippen LogP contribution in [0.2, 0.25) is 0 Å². The average molecular weight is 508 g/mol. The van der Waals surface area contributed by atoms with E-state index in [1.165, 1.54) is 0 Å². The minimum Gasteiger partial charge on any atom is -0.444 e. The fourth-order valence-electron chi connectivity index (χ4n) is 3.83. The number of aryl methyl sites for hydroxylation is 2. The molecule has 7 nitrogen and oxygen atoms in total. The Labute approximate surface area is 216 Å². The predicted molar refractivity (Wildman–Crippen MR) is 145 cm³/mol. The first-order chi connectivity index (χ1) is 16.2. The molecule has 0 bridgehead atoms. The minimum absolute atomic E-state index is 0.0863. The number of nitrogens with one attached hydrogen (secondary N) is 2. The van der Waals surface area contributed by atoms with Crippen LogP contribution in [-0.2, 0) is 14.3 Å². The maximum Gasteiger partial charge on any atom is 0.408 e. The zero-order chi connectivity index (χ0) is 26.9. The first-order valence-electron chi connectivity index (χ1n) is 12.4.